The third kappa shape index (κ3) is 5.39. The average Bonchev–Trinajstić information content (AvgIpc) is 3.33. The van der Waals surface area contributed by atoms with E-state index >= 15 is 0 Å². The lowest BCUT2D eigenvalue weighted by Gasteiger charge is -2.35. The number of piperidine rings is 1. The highest BCUT2D eigenvalue weighted by Gasteiger charge is 2.32. The Labute approximate surface area is 224 Å². The second-order valence-corrected chi connectivity index (χ2v) is 11.1. The molecule has 5 rings (SSSR count). The van der Waals surface area contributed by atoms with E-state index in [2.05, 4.69) is 9.62 Å². The summed E-state index contributed by atoms with van der Waals surface area (Å²) in [7, 11) is 2.62. The van der Waals surface area contributed by atoms with Crippen LogP contribution in [0.3, 0.4) is 0 Å². The quantitative estimate of drug-likeness (QED) is 0.507. The van der Waals surface area contributed by atoms with Crippen LogP contribution in [0.15, 0.2) is 30.3 Å². The fourth-order valence-electron chi connectivity index (χ4n) is 4.95. The Morgan fingerprint density at radius 1 is 1.16 bits per heavy atom. The molecule has 0 spiro atoms. The van der Waals surface area contributed by atoms with Crippen LogP contribution in [-0.4, -0.2) is 82.8 Å². The standard InChI is InChI=1S/C25H32ClN7O3S/c1-30(2)22-16-24(31-10-12-36-13-11-31)33-23(27-22)15-20(28-33)21-6-4-5-9-32(21)25(34)18-14-17(26)7-8-19(18)29-37(3)35/h7-8,14-16,21,29H,4-6,9-13H2,1-3H3/t21-,37?/m0/s1. The van der Waals surface area contributed by atoms with Gasteiger partial charge in [-0.1, -0.05) is 11.6 Å². The van der Waals surface area contributed by atoms with Crippen molar-refractivity contribution in [1.29, 1.82) is 0 Å². The summed E-state index contributed by atoms with van der Waals surface area (Å²) < 4.78 is 22.2. The maximum absolute atomic E-state index is 13.9. The normalized spacial score (nSPS) is 19.2. The molecule has 0 saturated carbocycles. The number of hydrogen-bond acceptors (Lipinski definition) is 7. The molecule has 1 amide bonds. The van der Waals surface area contributed by atoms with Crippen molar-refractivity contribution in [3.05, 3.63) is 46.6 Å². The molecular weight excluding hydrogens is 514 g/mol. The van der Waals surface area contributed by atoms with Crippen LogP contribution in [0.1, 0.15) is 41.4 Å². The second kappa shape index (κ2) is 10.8. The van der Waals surface area contributed by atoms with Gasteiger partial charge < -0.3 is 24.2 Å². The van der Waals surface area contributed by atoms with E-state index in [-0.39, 0.29) is 11.9 Å². The van der Waals surface area contributed by atoms with Crippen molar-refractivity contribution in [2.75, 3.05) is 67.7 Å². The molecule has 1 unspecified atom stereocenters. The number of likely N-dealkylation sites (tertiary alicyclic amines) is 1. The van der Waals surface area contributed by atoms with E-state index in [4.69, 9.17) is 26.4 Å². The van der Waals surface area contributed by atoms with Crippen molar-refractivity contribution in [2.24, 2.45) is 0 Å². The molecule has 37 heavy (non-hydrogen) atoms. The number of anilines is 3. The van der Waals surface area contributed by atoms with Gasteiger partial charge >= 0.3 is 0 Å². The third-order valence-electron chi connectivity index (χ3n) is 6.78. The van der Waals surface area contributed by atoms with Gasteiger partial charge in [-0.2, -0.15) is 9.61 Å². The first kappa shape index (κ1) is 25.7. The molecule has 2 saturated heterocycles. The number of ether oxygens (including phenoxy) is 1. The van der Waals surface area contributed by atoms with Crippen molar-refractivity contribution in [1.82, 2.24) is 19.5 Å². The van der Waals surface area contributed by atoms with Crippen LogP contribution in [-0.2, 0) is 15.7 Å². The first-order valence-electron chi connectivity index (χ1n) is 12.4. The van der Waals surface area contributed by atoms with Gasteiger partial charge in [-0.05, 0) is 37.5 Å². The topological polar surface area (TPSA) is 95.3 Å². The predicted molar refractivity (Wildman–Crippen MR) is 147 cm³/mol. The molecule has 10 nitrogen and oxygen atoms in total. The number of benzene rings is 1. The van der Waals surface area contributed by atoms with Gasteiger partial charge in [0.15, 0.2) is 5.65 Å². The lowest BCUT2D eigenvalue weighted by Crippen LogP contribution is -2.39. The minimum Gasteiger partial charge on any atom is -0.378 e. The van der Waals surface area contributed by atoms with Crippen LogP contribution in [0.2, 0.25) is 5.02 Å². The Morgan fingerprint density at radius 2 is 1.95 bits per heavy atom. The van der Waals surface area contributed by atoms with Crippen molar-refractivity contribution in [2.45, 2.75) is 25.3 Å². The van der Waals surface area contributed by atoms with Gasteiger partial charge in [-0.3, -0.25) is 4.79 Å². The molecule has 12 heteroatoms. The Hall–Kier alpha value is -2.89. The highest BCUT2D eigenvalue weighted by Crippen LogP contribution is 2.35. The second-order valence-electron chi connectivity index (χ2n) is 9.56. The molecule has 0 aliphatic carbocycles. The van der Waals surface area contributed by atoms with Gasteiger partial charge in [-0.15, -0.1) is 0 Å². The Kier molecular flexibility index (Phi) is 7.55. The zero-order chi connectivity index (χ0) is 26.1. The van der Waals surface area contributed by atoms with Gasteiger partial charge in [0.2, 0.25) is 0 Å². The molecular formula is C25H32ClN7O3S. The van der Waals surface area contributed by atoms with Crippen molar-refractivity contribution >= 4 is 51.5 Å². The fourth-order valence-corrected chi connectivity index (χ4v) is 5.61. The van der Waals surface area contributed by atoms with Crippen LogP contribution >= 0.6 is 11.6 Å². The van der Waals surface area contributed by atoms with E-state index < -0.39 is 11.0 Å². The molecule has 3 aromatic rings. The molecule has 2 atom stereocenters. The van der Waals surface area contributed by atoms with Crippen molar-refractivity contribution < 1.29 is 13.7 Å². The smallest absolute Gasteiger partial charge is 0.256 e. The largest absolute Gasteiger partial charge is 0.378 e. The first-order valence-corrected chi connectivity index (χ1v) is 14.4. The predicted octanol–water partition coefficient (Wildman–Crippen LogP) is 3.36. The Morgan fingerprint density at radius 3 is 2.68 bits per heavy atom. The van der Waals surface area contributed by atoms with Gasteiger partial charge in [0.25, 0.3) is 5.91 Å². The molecule has 4 heterocycles. The summed E-state index contributed by atoms with van der Waals surface area (Å²) in [5, 5.41) is 5.45. The van der Waals surface area contributed by atoms with Crippen LogP contribution < -0.4 is 14.5 Å². The molecule has 0 bridgehead atoms. The molecule has 1 aromatic carbocycles. The molecule has 0 radical (unpaired) electrons. The number of carbonyl (C=O) groups excluding carboxylic acids is 1. The number of nitrogens with one attached hydrogen (secondary N) is 1. The average molecular weight is 546 g/mol. The summed E-state index contributed by atoms with van der Waals surface area (Å²) in [6, 6.07) is 8.85. The summed E-state index contributed by atoms with van der Waals surface area (Å²) in [5.74, 6) is 1.65. The van der Waals surface area contributed by atoms with Crippen LogP contribution in [0.25, 0.3) is 5.65 Å². The van der Waals surface area contributed by atoms with Gasteiger partial charge in [0.1, 0.15) is 22.6 Å². The number of fused-ring (bicyclic) bond motifs is 1. The minimum atomic E-state index is -1.33. The fraction of sp³-hybridized carbons (Fsp3) is 0.480. The summed E-state index contributed by atoms with van der Waals surface area (Å²) >= 11 is 6.26. The van der Waals surface area contributed by atoms with E-state index in [0.29, 0.717) is 36.0 Å². The number of nitrogens with zero attached hydrogens (tertiary/aromatic N) is 6. The van der Waals surface area contributed by atoms with E-state index in [1.165, 1.54) is 6.26 Å². The highest BCUT2D eigenvalue weighted by atomic mass is 35.5. The molecule has 198 valence electrons. The zero-order valence-electron chi connectivity index (χ0n) is 21.3. The number of rotatable bonds is 6. The number of carbonyl (C=O) groups is 1. The van der Waals surface area contributed by atoms with E-state index in [1.54, 1.807) is 18.2 Å². The minimum absolute atomic E-state index is 0.160. The van der Waals surface area contributed by atoms with Gasteiger partial charge in [-0.25, -0.2) is 9.19 Å². The van der Waals surface area contributed by atoms with Crippen molar-refractivity contribution in [3.63, 3.8) is 0 Å². The van der Waals surface area contributed by atoms with Crippen LogP contribution in [0, 0.1) is 0 Å². The summed E-state index contributed by atoms with van der Waals surface area (Å²) in [6.45, 7) is 3.49. The zero-order valence-corrected chi connectivity index (χ0v) is 22.9. The maximum Gasteiger partial charge on any atom is 0.256 e. The summed E-state index contributed by atoms with van der Waals surface area (Å²) in [4.78, 5) is 24.8. The molecule has 2 fully saturated rings. The summed E-state index contributed by atoms with van der Waals surface area (Å²) in [6.07, 6.45) is 4.23. The number of aromatic nitrogens is 3. The molecule has 2 aromatic heterocycles. The maximum atomic E-state index is 13.9. The number of morpholine rings is 1. The highest BCUT2D eigenvalue weighted by molar-refractivity contribution is 7.85. The Balaban J connectivity index is 1.54. The number of hydrogen-bond donors (Lipinski definition) is 1. The lowest BCUT2D eigenvalue weighted by molar-refractivity contribution is 0.0607. The lowest BCUT2D eigenvalue weighted by atomic mass is 9.98. The van der Waals surface area contributed by atoms with Crippen LogP contribution in [0.4, 0.5) is 17.3 Å². The van der Waals surface area contributed by atoms with E-state index in [1.807, 2.05) is 40.5 Å². The Bertz CT molecular complexity index is 1330. The molecule has 2 aliphatic rings. The third-order valence-corrected chi connectivity index (χ3v) is 7.52. The molecule has 1 N–H and O–H groups in total. The van der Waals surface area contributed by atoms with Gasteiger partial charge in [0, 0.05) is 57.1 Å². The number of halogens is 1. The SMILES string of the molecule is CN(C)c1cc(N2CCOCC2)n2nc([C@@H]3CCCCN3C(=O)c3cc(Cl)ccc3NS(C)=O)cc2n1. The first-order chi connectivity index (χ1) is 17.8. The van der Waals surface area contributed by atoms with Crippen LogP contribution in [0.5, 0.6) is 0 Å². The molecule has 2 aliphatic heterocycles. The van der Waals surface area contributed by atoms with E-state index in [9.17, 15) is 9.00 Å². The monoisotopic (exact) mass is 545 g/mol. The summed E-state index contributed by atoms with van der Waals surface area (Å²) in [5.41, 5.74) is 2.45. The van der Waals surface area contributed by atoms with Crippen molar-refractivity contribution in [3.8, 4) is 0 Å². The van der Waals surface area contributed by atoms with Gasteiger partial charge in [0.05, 0.1) is 36.2 Å². The number of amides is 1. The van der Waals surface area contributed by atoms with E-state index in [0.717, 1.165) is 55.3 Å².